The third-order valence-electron chi connectivity index (χ3n) is 3.99. The second-order valence-corrected chi connectivity index (χ2v) is 6.30. The van der Waals surface area contributed by atoms with Crippen molar-refractivity contribution in [2.75, 3.05) is 14.1 Å². The van der Waals surface area contributed by atoms with Gasteiger partial charge in [-0.05, 0) is 38.4 Å². The van der Waals surface area contributed by atoms with Crippen LogP contribution in [-0.4, -0.2) is 67.5 Å². The number of hydrogen-bond donors (Lipinski definition) is 6. The number of nitrogens with zero attached hydrogens (tertiary/aromatic N) is 1. The summed E-state index contributed by atoms with van der Waals surface area (Å²) in [5.74, 6) is -8.95. The van der Waals surface area contributed by atoms with Crippen molar-refractivity contribution in [2.24, 2.45) is 0 Å². The quantitative estimate of drug-likeness (QED) is 0.237. The molecule has 0 amide bonds. The Morgan fingerprint density at radius 2 is 1.00 bits per heavy atom. The van der Waals surface area contributed by atoms with E-state index in [2.05, 4.69) is 0 Å². The Balaban J connectivity index is 2.29. The van der Waals surface area contributed by atoms with Gasteiger partial charge in [-0.25, -0.2) is 14.5 Å². The van der Waals surface area contributed by atoms with Crippen molar-refractivity contribution in [1.29, 1.82) is 0 Å². The van der Waals surface area contributed by atoms with Gasteiger partial charge in [-0.1, -0.05) is 0 Å². The third-order valence-corrected chi connectivity index (χ3v) is 3.99. The monoisotopic (exact) mass is 409 g/mol. The number of benzene rings is 2. The molecule has 6 N–H and O–H groups in total. The molecule has 29 heavy (non-hydrogen) atoms. The molecule has 0 fully saturated rings. The highest BCUT2D eigenvalue weighted by Crippen LogP contribution is 2.37. The second kappa shape index (κ2) is 7.64. The maximum atomic E-state index is 12.4. The number of carbonyl (C=O) groups is 2. The molecule has 11 nitrogen and oxygen atoms in total. The predicted octanol–water partition coefficient (Wildman–Crippen LogP) is 1.17. The van der Waals surface area contributed by atoms with Gasteiger partial charge in [0.1, 0.15) is 0 Å². The molecule has 0 saturated carbocycles. The zero-order valence-corrected chi connectivity index (χ0v) is 15.6. The minimum atomic E-state index is -2.00. The molecule has 0 aliphatic heterocycles. The van der Waals surface area contributed by atoms with Gasteiger partial charge in [-0.15, -0.1) is 0 Å². The molecule has 2 aromatic rings. The highest BCUT2D eigenvalue weighted by molar-refractivity contribution is 5.93. The van der Waals surface area contributed by atoms with Crippen LogP contribution in [0.1, 0.15) is 27.6 Å². The lowest BCUT2D eigenvalue weighted by atomic mass is 10.2. The highest BCUT2D eigenvalue weighted by Gasteiger charge is 2.37. The standard InChI is InChI=1S/C18H19NO10/c1-18(19(2)3,28-16(26)8-4-10(20)14(24)11(21)5-8)29-17(27)9-6-12(22)15(25)13(23)7-9/h4-7,20-25H,1-3H3. The van der Waals surface area contributed by atoms with E-state index in [1.165, 1.54) is 25.9 Å². The van der Waals surface area contributed by atoms with Crippen LogP contribution in [0.4, 0.5) is 0 Å². The van der Waals surface area contributed by atoms with E-state index in [1.54, 1.807) is 0 Å². The molecule has 2 aromatic carbocycles. The summed E-state index contributed by atoms with van der Waals surface area (Å²) in [5.41, 5.74) is -0.691. The fourth-order valence-electron chi connectivity index (χ4n) is 2.11. The van der Waals surface area contributed by atoms with E-state index in [1.807, 2.05) is 0 Å². The molecule has 0 radical (unpaired) electrons. The molecule has 156 valence electrons. The average Bonchev–Trinajstić information content (AvgIpc) is 2.62. The Morgan fingerprint density at radius 1 is 0.724 bits per heavy atom. The van der Waals surface area contributed by atoms with Crippen molar-refractivity contribution in [1.82, 2.24) is 4.90 Å². The molecule has 0 bridgehead atoms. The summed E-state index contributed by atoms with van der Waals surface area (Å²) >= 11 is 0. The average molecular weight is 409 g/mol. The fourth-order valence-corrected chi connectivity index (χ4v) is 2.11. The van der Waals surface area contributed by atoms with Gasteiger partial charge in [0.2, 0.25) is 0 Å². The SMILES string of the molecule is CN(C)C(C)(OC(=O)c1cc(O)c(O)c(O)c1)OC(=O)c1cc(O)c(O)c(O)c1. The van der Waals surface area contributed by atoms with Gasteiger partial charge in [0.05, 0.1) is 11.1 Å². The Kier molecular flexibility index (Phi) is 5.65. The normalized spacial score (nSPS) is 11.3. The van der Waals surface area contributed by atoms with Crippen LogP contribution < -0.4 is 0 Å². The fraction of sp³-hybridized carbons (Fsp3) is 0.222. The lowest BCUT2D eigenvalue weighted by molar-refractivity contribution is -0.233. The van der Waals surface area contributed by atoms with Gasteiger partial charge >= 0.3 is 17.8 Å². The molecule has 11 heteroatoms. The van der Waals surface area contributed by atoms with E-state index in [9.17, 15) is 40.2 Å². The molecular formula is C18H19NO10. The van der Waals surface area contributed by atoms with Crippen LogP contribution in [0.15, 0.2) is 24.3 Å². The topological polar surface area (TPSA) is 177 Å². The van der Waals surface area contributed by atoms with Gasteiger partial charge in [-0.3, -0.25) is 0 Å². The summed E-state index contributed by atoms with van der Waals surface area (Å²) in [6.07, 6.45) is 0. The van der Waals surface area contributed by atoms with Crippen LogP contribution >= 0.6 is 0 Å². The number of esters is 2. The summed E-state index contributed by atoms with van der Waals surface area (Å²) in [7, 11) is 2.83. The molecule has 0 aliphatic rings. The van der Waals surface area contributed by atoms with Gasteiger partial charge in [0, 0.05) is 6.92 Å². The largest absolute Gasteiger partial charge is 0.504 e. The lowest BCUT2D eigenvalue weighted by Gasteiger charge is -2.34. The first-order valence-electron chi connectivity index (χ1n) is 7.99. The smallest absolute Gasteiger partial charge is 0.342 e. The summed E-state index contributed by atoms with van der Waals surface area (Å²) < 4.78 is 10.4. The third kappa shape index (κ3) is 4.35. The van der Waals surface area contributed by atoms with E-state index >= 15 is 0 Å². The van der Waals surface area contributed by atoms with Crippen molar-refractivity contribution in [3.63, 3.8) is 0 Å². The van der Waals surface area contributed by atoms with Gasteiger partial charge in [0.25, 0.3) is 0 Å². The van der Waals surface area contributed by atoms with Crippen molar-refractivity contribution in [3.05, 3.63) is 35.4 Å². The molecule has 0 aromatic heterocycles. The molecule has 0 heterocycles. The van der Waals surface area contributed by atoms with Crippen LogP contribution in [0.5, 0.6) is 34.5 Å². The van der Waals surface area contributed by atoms with E-state index < -0.39 is 52.3 Å². The van der Waals surface area contributed by atoms with Crippen LogP contribution in [0.3, 0.4) is 0 Å². The first-order valence-corrected chi connectivity index (χ1v) is 7.99. The summed E-state index contributed by atoms with van der Waals surface area (Å²) in [6, 6.07) is 3.35. The van der Waals surface area contributed by atoms with Crippen molar-refractivity contribution in [3.8, 4) is 34.5 Å². The number of aromatic hydroxyl groups is 6. The minimum absolute atomic E-state index is 0.346. The predicted molar refractivity (Wildman–Crippen MR) is 95.8 cm³/mol. The molecule has 2 rings (SSSR count). The molecule has 0 atom stereocenters. The highest BCUT2D eigenvalue weighted by atomic mass is 16.8. The second-order valence-electron chi connectivity index (χ2n) is 6.30. The molecule has 0 unspecified atom stereocenters. The van der Waals surface area contributed by atoms with E-state index in [0.29, 0.717) is 0 Å². The van der Waals surface area contributed by atoms with Crippen LogP contribution in [0, 0.1) is 0 Å². The van der Waals surface area contributed by atoms with Gasteiger partial charge in [-0.2, -0.15) is 0 Å². The number of carbonyl (C=O) groups excluding carboxylic acids is 2. The van der Waals surface area contributed by atoms with E-state index in [-0.39, 0.29) is 11.1 Å². The molecule has 0 saturated heterocycles. The van der Waals surface area contributed by atoms with Gasteiger partial charge < -0.3 is 40.1 Å². The number of phenols is 6. The molecular weight excluding hydrogens is 390 g/mol. The van der Waals surface area contributed by atoms with Crippen molar-refractivity contribution < 1.29 is 49.7 Å². The summed E-state index contributed by atoms with van der Waals surface area (Å²) in [4.78, 5) is 26.0. The van der Waals surface area contributed by atoms with Crippen molar-refractivity contribution in [2.45, 2.75) is 12.8 Å². The van der Waals surface area contributed by atoms with E-state index in [0.717, 1.165) is 24.3 Å². The van der Waals surface area contributed by atoms with Crippen molar-refractivity contribution >= 4 is 11.9 Å². The van der Waals surface area contributed by atoms with E-state index in [4.69, 9.17) is 9.47 Å². The molecule has 0 spiro atoms. The zero-order chi connectivity index (χ0) is 22.1. The Hall–Kier alpha value is -3.86. The number of ether oxygens (including phenoxy) is 2. The Labute approximate surface area is 164 Å². The molecule has 0 aliphatic carbocycles. The maximum absolute atomic E-state index is 12.4. The van der Waals surface area contributed by atoms with Crippen LogP contribution in [-0.2, 0) is 9.47 Å². The number of phenolic OH excluding ortho intramolecular Hbond substituents is 6. The Morgan fingerprint density at radius 3 is 1.24 bits per heavy atom. The van der Waals surface area contributed by atoms with Crippen LogP contribution in [0.25, 0.3) is 0 Å². The minimum Gasteiger partial charge on any atom is -0.504 e. The summed E-state index contributed by atoms with van der Waals surface area (Å²) in [5, 5.41) is 56.8. The van der Waals surface area contributed by atoms with Gasteiger partial charge in [0.15, 0.2) is 34.5 Å². The lowest BCUT2D eigenvalue weighted by Crippen LogP contribution is -2.49. The zero-order valence-electron chi connectivity index (χ0n) is 15.6. The number of hydrogen-bond acceptors (Lipinski definition) is 11. The first-order chi connectivity index (χ1) is 13.4. The maximum Gasteiger partial charge on any atom is 0.342 e. The van der Waals surface area contributed by atoms with Crippen LogP contribution in [0.2, 0.25) is 0 Å². The first kappa shape index (κ1) is 21.4. The summed E-state index contributed by atoms with van der Waals surface area (Å²) in [6.45, 7) is 1.21. The Bertz CT molecular complexity index is 852. The number of rotatable bonds is 5.